The Bertz CT molecular complexity index is 500. The maximum atomic E-state index is 12.8. The molecule has 1 aromatic carbocycles. The third kappa shape index (κ3) is 1.96. The summed E-state index contributed by atoms with van der Waals surface area (Å²) in [6.07, 6.45) is 1.15. The number of rotatable bonds is 0. The molecular weight excluding hydrogens is 191 g/mol. The van der Waals surface area contributed by atoms with E-state index in [1.807, 2.05) is 18.2 Å². The second-order valence-corrected chi connectivity index (χ2v) is 4.65. The van der Waals surface area contributed by atoms with E-state index >= 15 is 0 Å². The molecule has 0 saturated carbocycles. The highest BCUT2D eigenvalue weighted by Crippen LogP contribution is 2.24. The number of fused-ring (bicyclic) bond motifs is 1. The number of benzene rings is 1. The predicted octanol–water partition coefficient (Wildman–Crippen LogP) is 3.07. The normalized spacial score (nSPS) is 12.0. The molecule has 15 heavy (non-hydrogen) atoms. The van der Waals surface area contributed by atoms with Crippen molar-refractivity contribution in [1.29, 1.82) is 0 Å². The zero-order valence-corrected chi connectivity index (χ0v) is 9.08. The van der Waals surface area contributed by atoms with E-state index in [1.54, 1.807) is 0 Å². The molecule has 0 aliphatic carbocycles. The van der Waals surface area contributed by atoms with Crippen LogP contribution < -0.4 is 0 Å². The van der Waals surface area contributed by atoms with Crippen LogP contribution in [-0.4, -0.2) is 9.97 Å². The number of aromatic nitrogens is 2. The van der Waals surface area contributed by atoms with Gasteiger partial charge in [0, 0.05) is 0 Å². The lowest BCUT2D eigenvalue weighted by molar-refractivity contribution is 0.581. The molecular formula is C12H13FN2. The Kier molecular flexibility index (Phi) is 2.18. The summed E-state index contributed by atoms with van der Waals surface area (Å²) >= 11 is 0. The molecule has 0 amide bonds. The van der Waals surface area contributed by atoms with Crippen LogP contribution in [0.2, 0.25) is 0 Å². The SMILES string of the molecule is CC(C)(C)c1ccc2nc(F)cnc2c1. The van der Waals surface area contributed by atoms with E-state index in [0.717, 1.165) is 11.7 Å². The van der Waals surface area contributed by atoms with Gasteiger partial charge in [0.25, 0.3) is 0 Å². The van der Waals surface area contributed by atoms with Crippen molar-refractivity contribution in [1.82, 2.24) is 9.97 Å². The summed E-state index contributed by atoms with van der Waals surface area (Å²) in [4.78, 5) is 7.79. The van der Waals surface area contributed by atoms with Crippen LogP contribution in [0.4, 0.5) is 4.39 Å². The van der Waals surface area contributed by atoms with Crippen LogP contribution in [0.25, 0.3) is 11.0 Å². The van der Waals surface area contributed by atoms with Crippen molar-refractivity contribution in [2.24, 2.45) is 0 Å². The average molecular weight is 204 g/mol. The zero-order valence-electron chi connectivity index (χ0n) is 9.08. The molecule has 0 fully saturated rings. The van der Waals surface area contributed by atoms with Crippen molar-refractivity contribution in [3.63, 3.8) is 0 Å². The van der Waals surface area contributed by atoms with Crippen molar-refractivity contribution in [3.8, 4) is 0 Å². The number of hydrogen-bond acceptors (Lipinski definition) is 2. The Balaban J connectivity index is 2.62. The summed E-state index contributed by atoms with van der Waals surface area (Å²) in [6.45, 7) is 6.39. The molecule has 2 nitrogen and oxygen atoms in total. The van der Waals surface area contributed by atoms with Gasteiger partial charge in [-0.05, 0) is 23.1 Å². The summed E-state index contributed by atoms with van der Waals surface area (Å²) < 4.78 is 12.8. The quantitative estimate of drug-likeness (QED) is 0.659. The van der Waals surface area contributed by atoms with E-state index in [2.05, 4.69) is 30.7 Å². The van der Waals surface area contributed by atoms with Crippen LogP contribution in [0.3, 0.4) is 0 Å². The van der Waals surface area contributed by atoms with E-state index in [0.29, 0.717) is 5.52 Å². The molecule has 78 valence electrons. The van der Waals surface area contributed by atoms with E-state index in [-0.39, 0.29) is 5.41 Å². The summed E-state index contributed by atoms with van der Waals surface area (Å²) in [5.41, 5.74) is 2.59. The minimum absolute atomic E-state index is 0.0737. The van der Waals surface area contributed by atoms with Gasteiger partial charge >= 0.3 is 0 Å². The van der Waals surface area contributed by atoms with Gasteiger partial charge in [0.1, 0.15) is 0 Å². The monoisotopic (exact) mass is 204 g/mol. The van der Waals surface area contributed by atoms with Gasteiger partial charge in [-0.15, -0.1) is 0 Å². The minimum Gasteiger partial charge on any atom is -0.250 e. The standard InChI is InChI=1S/C12H13FN2/c1-12(2,3)8-4-5-9-10(6-8)14-7-11(13)15-9/h4-7H,1-3H3. The molecule has 0 radical (unpaired) electrons. The third-order valence-corrected chi connectivity index (χ3v) is 2.38. The molecule has 0 unspecified atom stereocenters. The molecule has 2 aromatic rings. The molecule has 1 aromatic heterocycles. The maximum Gasteiger partial charge on any atom is 0.231 e. The minimum atomic E-state index is -0.536. The van der Waals surface area contributed by atoms with Gasteiger partial charge < -0.3 is 0 Å². The van der Waals surface area contributed by atoms with Gasteiger partial charge in [-0.25, -0.2) is 9.97 Å². The molecule has 0 saturated heterocycles. The first-order valence-corrected chi connectivity index (χ1v) is 4.89. The third-order valence-electron chi connectivity index (χ3n) is 2.38. The van der Waals surface area contributed by atoms with E-state index < -0.39 is 5.95 Å². The van der Waals surface area contributed by atoms with Crippen LogP contribution in [0.5, 0.6) is 0 Å². The number of hydrogen-bond donors (Lipinski definition) is 0. The lowest BCUT2D eigenvalue weighted by atomic mass is 9.87. The van der Waals surface area contributed by atoms with Crippen molar-refractivity contribution in [3.05, 3.63) is 35.9 Å². The lowest BCUT2D eigenvalue weighted by Gasteiger charge is -2.18. The summed E-state index contributed by atoms with van der Waals surface area (Å²) in [7, 11) is 0. The van der Waals surface area contributed by atoms with Gasteiger partial charge in [-0.1, -0.05) is 26.8 Å². The summed E-state index contributed by atoms with van der Waals surface area (Å²) in [6, 6.07) is 5.74. The van der Waals surface area contributed by atoms with Crippen LogP contribution in [-0.2, 0) is 5.41 Å². The zero-order chi connectivity index (χ0) is 11.1. The van der Waals surface area contributed by atoms with Crippen molar-refractivity contribution in [2.45, 2.75) is 26.2 Å². The number of halogens is 1. The van der Waals surface area contributed by atoms with Crippen molar-refractivity contribution < 1.29 is 4.39 Å². The van der Waals surface area contributed by atoms with Crippen molar-refractivity contribution >= 4 is 11.0 Å². The Morgan fingerprint density at radius 1 is 1.13 bits per heavy atom. The van der Waals surface area contributed by atoms with E-state index in [9.17, 15) is 4.39 Å². The van der Waals surface area contributed by atoms with Crippen LogP contribution in [0.15, 0.2) is 24.4 Å². The molecule has 0 aliphatic heterocycles. The highest BCUT2D eigenvalue weighted by atomic mass is 19.1. The molecule has 0 aliphatic rings. The maximum absolute atomic E-state index is 12.8. The molecule has 0 spiro atoms. The number of nitrogens with zero attached hydrogens (tertiary/aromatic N) is 2. The first-order chi connectivity index (χ1) is 6.97. The highest BCUT2D eigenvalue weighted by Gasteiger charge is 2.14. The Labute approximate surface area is 88.2 Å². The van der Waals surface area contributed by atoms with Crippen LogP contribution >= 0.6 is 0 Å². The topological polar surface area (TPSA) is 25.8 Å². The Morgan fingerprint density at radius 3 is 2.53 bits per heavy atom. The summed E-state index contributed by atoms with van der Waals surface area (Å²) in [5.74, 6) is -0.536. The van der Waals surface area contributed by atoms with Gasteiger partial charge in [0.2, 0.25) is 5.95 Å². The van der Waals surface area contributed by atoms with E-state index in [1.165, 1.54) is 5.56 Å². The second-order valence-electron chi connectivity index (χ2n) is 4.65. The van der Waals surface area contributed by atoms with E-state index in [4.69, 9.17) is 0 Å². The van der Waals surface area contributed by atoms with Crippen LogP contribution in [0.1, 0.15) is 26.3 Å². The predicted molar refractivity (Wildman–Crippen MR) is 58.2 cm³/mol. The fourth-order valence-corrected chi connectivity index (χ4v) is 1.45. The molecule has 0 N–H and O–H groups in total. The first-order valence-electron chi connectivity index (χ1n) is 4.89. The second kappa shape index (κ2) is 3.26. The van der Waals surface area contributed by atoms with Gasteiger partial charge in [-0.2, -0.15) is 4.39 Å². The molecule has 0 atom stereocenters. The molecule has 2 rings (SSSR count). The van der Waals surface area contributed by atoms with Gasteiger partial charge in [0.15, 0.2) is 0 Å². The summed E-state index contributed by atoms with van der Waals surface area (Å²) in [5, 5.41) is 0. The Hall–Kier alpha value is -1.51. The Morgan fingerprint density at radius 2 is 1.87 bits per heavy atom. The molecule has 3 heteroatoms. The smallest absolute Gasteiger partial charge is 0.231 e. The first kappa shape index (κ1) is 10.0. The average Bonchev–Trinajstić information content (AvgIpc) is 2.15. The van der Waals surface area contributed by atoms with Gasteiger partial charge in [-0.3, -0.25) is 0 Å². The van der Waals surface area contributed by atoms with Crippen LogP contribution in [0, 0.1) is 5.95 Å². The highest BCUT2D eigenvalue weighted by molar-refractivity contribution is 5.74. The fourth-order valence-electron chi connectivity index (χ4n) is 1.45. The van der Waals surface area contributed by atoms with Crippen molar-refractivity contribution in [2.75, 3.05) is 0 Å². The lowest BCUT2D eigenvalue weighted by Crippen LogP contribution is -2.10. The fraction of sp³-hybridized carbons (Fsp3) is 0.333. The molecule has 1 heterocycles. The molecule has 0 bridgehead atoms. The van der Waals surface area contributed by atoms with Gasteiger partial charge in [0.05, 0.1) is 17.2 Å². The largest absolute Gasteiger partial charge is 0.250 e.